The van der Waals surface area contributed by atoms with Crippen molar-refractivity contribution in [2.24, 2.45) is 5.92 Å². The third-order valence-electron chi connectivity index (χ3n) is 6.36. The Morgan fingerprint density at radius 2 is 1.94 bits per heavy atom. The highest BCUT2D eigenvalue weighted by molar-refractivity contribution is 7.80. The fraction of sp³-hybridized carbons (Fsp3) is 0.231. The zero-order valence-corrected chi connectivity index (χ0v) is 20.5. The van der Waals surface area contributed by atoms with E-state index in [-0.39, 0.29) is 5.91 Å². The Bertz CT molecular complexity index is 1280. The molecular weight excluding hydrogens is 470 g/mol. The SMILES string of the molecule is COc1ccc2c(c1)[C@@H]1NC(=S)N(c3cccc(C)c3)[C@@](C)(O2)[C@@H]1C(=O)Nc1ccc(Cl)cc1. The molecule has 174 valence electrons. The zero-order valence-electron chi connectivity index (χ0n) is 19.0. The van der Waals surface area contributed by atoms with Gasteiger partial charge >= 0.3 is 0 Å². The number of thiocarbonyl (C=S) groups is 1. The number of nitrogens with one attached hydrogen (secondary N) is 2. The van der Waals surface area contributed by atoms with Gasteiger partial charge in [0.05, 0.1) is 13.2 Å². The molecule has 0 spiro atoms. The third kappa shape index (κ3) is 3.75. The highest BCUT2D eigenvalue weighted by atomic mass is 35.5. The maximum absolute atomic E-state index is 13.8. The number of benzene rings is 3. The first-order chi connectivity index (χ1) is 16.3. The van der Waals surface area contributed by atoms with Crippen LogP contribution in [0.2, 0.25) is 5.02 Å². The van der Waals surface area contributed by atoms with E-state index in [1.165, 1.54) is 0 Å². The maximum atomic E-state index is 13.8. The molecular formula is C26H24ClN3O3S. The van der Waals surface area contributed by atoms with Gasteiger partial charge in [0, 0.05) is 22.0 Å². The number of rotatable bonds is 4. The molecule has 3 aromatic rings. The van der Waals surface area contributed by atoms with Crippen LogP contribution in [0.25, 0.3) is 0 Å². The first-order valence-electron chi connectivity index (χ1n) is 10.9. The molecule has 34 heavy (non-hydrogen) atoms. The number of carbonyl (C=O) groups is 1. The van der Waals surface area contributed by atoms with Crippen molar-refractivity contribution in [1.29, 1.82) is 0 Å². The Morgan fingerprint density at radius 3 is 2.65 bits per heavy atom. The molecule has 6 nitrogen and oxygen atoms in total. The van der Waals surface area contributed by atoms with Gasteiger partial charge in [0.25, 0.3) is 0 Å². The highest BCUT2D eigenvalue weighted by Gasteiger charge is 2.59. The van der Waals surface area contributed by atoms with Gasteiger partial charge in [-0.2, -0.15) is 0 Å². The first kappa shape index (κ1) is 22.5. The second-order valence-corrected chi connectivity index (χ2v) is 9.46. The molecule has 2 aliphatic rings. The van der Waals surface area contributed by atoms with E-state index >= 15 is 0 Å². The normalized spacial score (nSPS) is 22.8. The van der Waals surface area contributed by atoms with Gasteiger partial charge in [-0.15, -0.1) is 0 Å². The van der Waals surface area contributed by atoms with Crippen LogP contribution in [0.5, 0.6) is 11.5 Å². The molecule has 1 fully saturated rings. The monoisotopic (exact) mass is 493 g/mol. The molecule has 1 amide bonds. The number of halogens is 1. The van der Waals surface area contributed by atoms with Gasteiger partial charge < -0.3 is 20.1 Å². The molecule has 0 radical (unpaired) electrons. The Balaban J connectivity index is 1.63. The van der Waals surface area contributed by atoms with Gasteiger partial charge in [-0.1, -0.05) is 23.7 Å². The number of ether oxygens (including phenoxy) is 2. The fourth-order valence-corrected chi connectivity index (χ4v) is 5.34. The first-order valence-corrected chi connectivity index (χ1v) is 11.7. The minimum Gasteiger partial charge on any atom is -0.497 e. The summed E-state index contributed by atoms with van der Waals surface area (Å²) in [5.41, 5.74) is 2.31. The van der Waals surface area contributed by atoms with Crippen LogP contribution in [-0.4, -0.2) is 23.9 Å². The number of amides is 1. The summed E-state index contributed by atoms with van der Waals surface area (Å²) in [6, 6.07) is 20.2. The minimum absolute atomic E-state index is 0.198. The van der Waals surface area contributed by atoms with Crippen molar-refractivity contribution in [3.63, 3.8) is 0 Å². The number of hydrogen-bond acceptors (Lipinski definition) is 4. The summed E-state index contributed by atoms with van der Waals surface area (Å²) in [6.07, 6.45) is 0. The number of nitrogens with zero attached hydrogens (tertiary/aromatic N) is 1. The summed E-state index contributed by atoms with van der Waals surface area (Å²) in [5.74, 6) is 0.513. The lowest BCUT2D eigenvalue weighted by atomic mass is 9.78. The van der Waals surface area contributed by atoms with E-state index in [0.717, 1.165) is 16.8 Å². The van der Waals surface area contributed by atoms with Crippen molar-refractivity contribution in [3.8, 4) is 11.5 Å². The molecule has 0 aromatic heterocycles. The lowest BCUT2D eigenvalue weighted by Gasteiger charge is -2.56. The van der Waals surface area contributed by atoms with Crippen molar-refractivity contribution < 1.29 is 14.3 Å². The van der Waals surface area contributed by atoms with Crippen LogP contribution in [-0.2, 0) is 4.79 Å². The Kier molecular flexibility index (Phi) is 5.62. The zero-order chi connectivity index (χ0) is 24.0. The Hall–Kier alpha value is -3.29. The minimum atomic E-state index is -1.08. The van der Waals surface area contributed by atoms with E-state index in [2.05, 4.69) is 10.6 Å². The van der Waals surface area contributed by atoms with E-state index in [4.69, 9.17) is 33.3 Å². The summed E-state index contributed by atoms with van der Waals surface area (Å²) in [7, 11) is 1.61. The predicted octanol–water partition coefficient (Wildman–Crippen LogP) is 5.46. The van der Waals surface area contributed by atoms with E-state index < -0.39 is 17.7 Å². The molecule has 2 bridgehead atoms. The largest absolute Gasteiger partial charge is 0.497 e. The van der Waals surface area contributed by atoms with E-state index in [9.17, 15) is 4.79 Å². The molecule has 3 aromatic carbocycles. The predicted molar refractivity (Wildman–Crippen MR) is 138 cm³/mol. The van der Waals surface area contributed by atoms with Crippen molar-refractivity contribution >= 4 is 46.2 Å². The van der Waals surface area contributed by atoms with Crippen LogP contribution in [0, 0.1) is 12.8 Å². The third-order valence-corrected chi connectivity index (χ3v) is 6.91. The smallest absolute Gasteiger partial charge is 0.236 e. The van der Waals surface area contributed by atoms with Crippen LogP contribution in [0.4, 0.5) is 11.4 Å². The fourth-order valence-electron chi connectivity index (χ4n) is 4.80. The number of carbonyl (C=O) groups excluding carboxylic acids is 1. The molecule has 5 rings (SSSR count). The summed E-state index contributed by atoms with van der Waals surface area (Å²) >= 11 is 11.8. The van der Waals surface area contributed by atoms with Gasteiger partial charge in [-0.3, -0.25) is 9.69 Å². The Labute approximate surface area is 208 Å². The summed E-state index contributed by atoms with van der Waals surface area (Å²) in [4.78, 5) is 15.7. The van der Waals surface area contributed by atoms with Gasteiger partial charge in [-0.25, -0.2) is 0 Å². The molecule has 0 aliphatic carbocycles. The molecule has 2 N–H and O–H groups in total. The second kappa shape index (κ2) is 8.49. The average molecular weight is 494 g/mol. The number of aryl methyl sites for hydroxylation is 1. The van der Waals surface area contributed by atoms with Crippen LogP contribution in [0.3, 0.4) is 0 Å². The molecule has 2 heterocycles. The van der Waals surface area contributed by atoms with Crippen LogP contribution >= 0.6 is 23.8 Å². The molecule has 1 saturated heterocycles. The van der Waals surface area contributed by atoms with E-state index in [1.807, 2.05) is 61.2 Å². The van der Waals surface area contributed by atoms with Crippen LogP contribution in [0.15, 0.2) is 66.7 Å². The molecule has 0 saturated carbocycles. The number of hydrogen-bond donors (Lipinski definition) is 2. The molecule has 0 unspecified atom stereocenters. The Morgan fingerprint density at radius 1 is 1.18 bits per heavy atom. The standard InChI is InChI=1S/C26H24ClN3O3S/c1-15-5-4-6-18(13-15)30-25(34)29-23-20-14-19(32-3)11-12-21(20)33-26(30,2)22(23)24(31)28-17-9-7-16(27)8-10-17/h4-14,22-23H,1-3H3,(H,28,31)(H,29,34)/t22-,23-,26-/m0/s1. The van der Waals surface area contributed by atoms with Gasteiger partial charge in [-0.05, 0) is 86.2 Å². The van der Waals surface area contributed by atoms with Crippen LogP contribution in [0.1, 0.15) is 24.1 Å². The molecule has 8 heteroatoms. The highest BCUT2D eigenvalue weighted by Crippen LogP contribution is 2.50. The molecule has 3 atom stereocenters. The maximum Gasteiger partial charge on any atom is 0.236 e. The van der Waals surface area contributed by atoms with Crippen LogP contribution < -0.4 is 25.0 Å². The van der Waals surface area contributed by atoms with Gasteiger partial charge in [0.15, 0.2) is 10.8 Å². The second-order valence-electron chi connectivity index (χ2n) is 8.64. The number of fused-ring (bicyclic) bond motifs is 4. The average Bonchev–Trinajstić information content (AvgIpc) is 2.80. The van der Waals surface area contributed by atoms with Gasteiger partial charge in [0.1, 0.15) is 17.4 Å². The van der Waals surface area contributed by atoms with E-state index in [1.54, 1.807) is 31.4 Å². The lowest BCUT2D eigenvalue weighted by Crippen LogP contribution is -2.72. The summed E-state index contributed by atoms with van der Waals surface area (Å²) < 4.78 is 12.1. The lowest BCUT2D eigenvalue weighted by molar-refractivity contribution is -0.130. The van der Waals surface area contributed by atoms with Crippen molar-refractivity contribution in [2.45, 2.75) is 25.6 Å². The summed E-state index contributed by atoms with van der Waals surface area (Å²) in [6.45, 7) is 3.93. The summed E-state index contributed by atoms with van der Waals surface area (Å²) in [5, 5.41) is 7.53. The topological polar surface area (TPSA) is 62.8 Å². The van der Waals surface area contributed by atoms with Crippen molar-refractivity contribution in [2.75, 3.05) is 17.3 Å². The molecule has 2 aliphatic heterocycles. The number of anilines is 2. The van der Waals surface area contributed by atoms with Crippen molar-refractivity contribution in [3.05, 3.63) is 82.9 Å². The van der Waals surface area contributed by atoms with Crippen molar-refractivity contribution in [1.82, 2.24) is 5.32 Å². The quantitative estimate of drug-likeness (QED) is 0.471. The van der Waals surface area contributed by atoms with Gasteiger partial charge in [0.2, 0.25) is 5.91 Å². The number of methoxy groups -OCH3 is 1. The van der Waals surface area contributed by atoms with E-state index in [0.29, 0.717) is 27.3 Å².